The summed E-state index contributed by atoms with van der Waals surface area (Å²) >= 11 is 0. The first-order valence-electron chi connectivity index (χ1n) is 12.5. The molecule has 0 saturated heterocycles. The number of ether oxygens (including phenoxy) is 2. The van der Waals surface area contributed by atoms with E-state index in [1.54, 1.807) is 18.5 Å². The topological polar surface area (TPSA) is 105 Å². The normalized spacial score (nSPS) is 12.9. The highest BCUT2D eigenvalue weighted by Gasteiger charge is 2.25. The number of rotatable bonds is 9. The molecular weight excluding hydrogens is 484 g/mol. The summed E-state index contributed by atoms with van der Waals surface area (Å²) in [6.45, 7) is 4.20. The maximum atomic E-state index is 12.6. The summed E-state index contributed by atoms with van der Waals surface area (Å²) in [6.07, 6.45) is 4.43. The van der Waals surface area contributed by atoms with Gasteiger partial charge in [-0.05, 0) is 56.0 Å². The maximum absolute atomic E-state index is 12.6. The first-order valence-corrected chi connectivity index (χ1v) is 12.5. The second-order valence-corrected chi connectivity index (χ2v) is 9.47. The number of amides is 2. The van der Waals surface area contributed by atoms with Crippen molar-refractivity contribution in [2.24, 2.45) is 0 Å². The summed E-state index contributed by atoms with van der Waals surface area (Å²) < 4.78 is 13.2. The Morgan fingerprint density at radius 1 is 1.13 bits per heavy atom. The first-order chi connectivity index (χ1) is 18.4. The molecule has 0 unspecified atom stereocenters. The van der Waals surface area contributed by atoms with Crippen molar-refractivity contribution in [2.45, 2.75) is 32.7 Å². The van der Waals surface area contributed by atoms with Crippen molar-refractivity contribution in [2.75, 3.05) is 25.2 Å². The van der Waals surface area contributed by atoms with Crippen molar-refractivity contribution in [1.82, 2.24) is 14.7 Å². The van der Waals surface area contributed by atoms with Gasteiger partial charge in [0.05, 0.1) is 36.9 Å². The van der Waals surface area contributed by atoms with Gasteiger partial charge in [0.25, 0.3) is 5.91 Å². The minimum Gasteiger partial charge on any atom is -0.465 e. The third-order valence-electron chi connectivity index (χ3n) is 6.60. The number of hydrogen-bond acceptors (Lipinski definition) is 5. The van der Waals surface area contributed by atoms with Gasteiger partial charge in [0.15, 0.2) is 5.65 Å². The fourth-order valence-electron chi connectivity index (χ4n) is 4.38. The van der Waals surface area contributed by atoms with Crippen molar-refractivity contribution < 1.29 is 24.2 Å². The van der Waals surface area contributed by atoms with Crippen LogP contribution in [0.4, 0.5) is 10.5 Å². The molecule has 38 heavy (non-hydrogen) atoms. The third-order valence-corrected chi connectivity index (χ3v) is 6.60. The van der Waals surface area contributed by atoms with Crippen molar-refractivity contribution in [3.05, 3.63) is 77.6 Å². The monoisotopic (exact) mass is 514 g/mol. The van der Waals surface area contributed by atoms with Crippen LogP contribution in [0.2, 0.25) is 0 Å². The Bertz CT molecular complexity index is 1510. The van der Waals surface area contributed by atoms with Crippen LogP contribution in [0.15, 0.2) is 60.9 Å². The molecule has 0 bridgehead atoms. The number of benzene rings is 2. The number of aromatic nitrogens is 2. The maximum Gasteiger partial charge on any atom is 0.412 e. The average Bonchev–Trinajstić information content (AvgIpc) is 3.60. The van der Waals surface area contributed by atoms with Gasteiger partial charge in [0.2, 0.25) is 0 Å². The lowest BCUT2D eigenvalue weighted by Gasteiger charge is -2.21. The molecular formula is C29H30N4O5. The standard InChI is InChI=1S/C29H30N4O5/c1-18-6-4-5-7-26(18)38-22-15-24(32(29(35)36)12-13-37-3)27-30-16-25(33(27)17-22)20-8-11-23(19(2)14-20)28(34)31-21-9-10-21/h4-8,11,14-17,21H,9-10,12-13H2,1-3H3,(H,31,34)(H,35,36). The van der Waals surface area contributed by atoms with Crippen LogP contribution in [0.3, 0.4) is 0 Å². The number of carbonyl (C=O) groups is 2. The van der Waals surface area contributed by atoms with Crippen molar-refractivity contribution in [3.8, 4) is 22.8 Å². The molecule has 2 amide bonds. The molecule has 1 aliphatic rings. The minimum absolute atomic E-state index is 0.0684. The Balaban J connectivity index is 1.60. The quantitative estimate of drug-likeness (QED) is 0.308. The molecule has 9 nitrogen and oxygen atoms in total. The number of anilines is 1. The lowest BCUT2D eigenvalue weighted by molar-refractivity contribution is 0.0950. The summed E-state index contributed by atoms with van der Waals surface area (Å²) in [5.74, 6) is 1.06. The van der Waals surface area contributed by atoms with Crippen LogP contribution in [0.5, 0.6) is 11.5 Å². The third kappa shape index (κ3) is 5.19. The smallest absolute Gasteiger partial charge is 0.412 e. The predicted octanol–water partition coefficient (Wildman–Crippen LogP) is 5.43. The second-order valence-electron chi connectivity index (χ2n) is 9.47. The zero-order valence-electron chi connectivity index (χ0n) is 21.6. The summed E-state index contributed by atoms with van der Waals surface area (Å²) in [6, 6.07) is 15.2. The molecule has 2 aromatic carbocycles. The van der Waals surface area contributed by atoms with E-state index in [0.29, 0.717) is 28.4 Å². The average molecular weight is 515 g/mol. The zero-order chi connectivity index (χ0) is 26.8. The van der Waals surface area contributed by atoms with Gasteiger partial charge in [-0.25, -0.2) is 9.78 Å². The zero-order valence-corrected chi connectivity index (χ0v) is 21.6. The first kappa shape index (κ1) is 25.3. The van der Waals surface area contributed by atoms with E-state index in [2.05, 4.69) is 10.3 Å². The van der Waals surface area contributed by atoms with E-state index in [9.17, 15) is 14.7 Å². The molecule has 0 radical (unpaired) electrons. The number of imidazole rings is 1. The van der Waals surface area contributed by atoms with Gasteiger partial charge >= 0.3 is 6.09 Å². The van der Waals surface area contributed by atoms with Gasteiger partial charge in [-0.15, -0.1) is 0 Å². The highest BCUT2D eigenvalue weighted by atomic mass is 16.5. The van der Waals surface area contributed by atoms with Crippen LogP contribution < -0.4 is 15.0 Å². The van der Waals surface area contributed by atoms with Gasteiger partial charge in [-0.2, -0.15) is 0 Å². The molecule has 196 valence electrons. The predicted molar refractivity (Wildman–Crippen MR) is 144 cm³/mol. The SMILES string of the molecule is COCCN(C(=O)O)c1cc(Oc2ccccc2C)cn2c(-c3ccc(C(=O)NC4CC4)c(C)c3)cnc12. The summed E-state index contributed by atoms with van der Waals surface area (Å²) in [4.78, 5) is 30.7. The Morgan fingerprint density at radius 3 is 2.61 bits per heavy atom. The number of nitrogens with one attached hydrogen (secondary N) is 1. The highest BCUT2D eigenvalue weighted by molar-refractivity contribution is 5.97. The summed E-state index contributed by atoms with van der Waals surface area (Å²) in [5, 5.41) is 13.0. The molecule has 0 atom stereocenters. The van der Waals surface area contributed by atoms with Crippen LogP contribution >= 0.6 is 0 Å². The van der Waals surface area contributed by atoms with Gasteiger partial charge in [-0.3, -0.25) is 14.1 Å². The lowest BCUT2D eigenvalue weighted by Crippen LogP contribution is -2.33. The Hall–Kier alpha value is -4.37. The molecule has 9 heteroatoms. The van der Waals surface area contributed by atoms with E-state index in [0.717, 1.165) is 35.2 Å². The van der Waals surface area contributed by atoms with Crippen molar-refractivity contribution in [1.29, 1.82) is 0 Å². The molecule has 2 N–H and O–H groups in total. The van der Waals surface area contributed by atoms with Crippen LogP contribution in [0.1, 0.15) is 34.3 Å². The number of methoxy groups -OCH3 is 1. The number of hydrogen-bond donors (Lipinski definition) is 2. The molecule has 5 rings (SSSR count). The van der Waals surface area contributed by atoms with Gasteiger partial charge < -0.3 is 19.9 Å². The van der Waals surface area contributed by atoms with Gasteiger partial charge in [0, 0.05) is 30.3 Å². The molecule has 2 aromatic heterocycles. The number of nitrogens with zero attached hydrogens (tertiary/aromatic N) is 3. The molecule has 2 heterocycles. The Morgan fingerprint density at radius 2 is 1.92 bits per heavy atom. The van der Waals surface area contributed by atoms with Crippen molar-refractivity contribution in [3.63, 3.8) is 0 Å². The van der Waals surface area contributed by atoms with Crippen LogP contribution in [0, 0.1) is 13.8 Å². The number of fused-ring (bicyclic) bond motifs is 1. The molecule has 1 aliphatic carbocycles. The largest absolute Gasteiger partial charge is 0.465 e. The van der Waals surface area contributed by atoms with E-state index < -0.39 is 6.09 Å². The van der Waals surface area contributed by atoms with E-state index in [1.165, 1.54) is 12.0 Å². The number of pyridine rings is 1. The fraction of sp³-hybridized carbons (Fsp3) is 0.276. The van der Waals surface area contributed by atoms with Gasteiger partial charge in [0.1, 0.15) is 11.5 Å². The summed E-state index contributed by atoms with van der Waals surface area (Å²) in [5.41, 5.74) is 4.85. The number of carboxylic acid groups (broad SMARTS) is 1. The van der Waals surface area contributed by atoms with E-state index in [4.69, 9.17) is 9.47 Å². The fourth-order valence-corrected chi connectivity index (χ4v) is 4.38. The van der Waals surface area contributed by atoms with E-state index in [-0.39, 0.29) is 25.1 Å². The van der Waals surface area contributed by atoms with Crippen LogP contribution in [-0.2, 0) is 4.74 Å². The van der Waals surface area contributed by atoms with Crippen LogP contribution in [0.25, 0.3) is 16.9 Å². The summed E-state index contributed by atoms with van der Waals surface area (Å²) in [7, 11) is 1.53. The Kier molecular flexibility index (Phi) is 7.02. The molecule has 0 aliphatic heterocycles. The molecule has 1 fully saturated rings. The van der Waals surface area contributed by atoms with Crippen LogP contribution in [-0.4, -0.2) is 52.8 Å². The molecule has 0 spiro atoms. The molecule has 4 aromatic rings. The lowest BCUT2D eigenvalue weighted by atomic mass is 10.0. The van der Waals surface area contributed by atoms with E-state index >= 15 is 0 Å². The Labute approximate surface area is 220 Å². The molecule has 1 saturated carbocycles. The van der Waals surface area contributed by atoms with E-state index in [1.807, 2.05) is 60.7 Å². The number of carbonyl (C=O) groups excluding carboxylic acids is 1. The van der Waals surface area contributed by atoms with Crippen molar-refractivity contribution >= 4 is 23.3 Å². The van der Waals surface area contributed by atoms with Gasteiger partial charge in [-0.1, -0.05) is 24.3 Å². The minimum atomic E-state index is -1.12. The highest BCUT2D eigenvalue weighted by Crippen LogP contribution is 2.34. The number of para-hydroxylation sites is 1. The second kappa shape index (κ2) is 10.5. The number of aryl methyl sites for hydroxylation is 2.